The number of hydrogen-bond donors (Lipinski definition) is 0. The Morgan fingerprint density at radius 3 is 2.44 bits per heavy atom. The first-order chi connectivity index (χ1) is 8.56. The zero-order valence-electron chi connectivity index (χ0n) is 10.3. The number of aromatic nitrogens is 1. The maximum atomic E-state index is 10.6. The Hall–Kier alpha value is -2.36. The lowest BCUT2D eigenvalue weighted by atomic mass is 10.2. The van der Waals surface area contributed by atoms with Gasteiger partial charge in [0.25, 0.3) is 5.69 Å². The molecule has 0 amide bonds. The van der Waals surface area contributed by atoms with Gasteiger partial charge in [-0.1, -0.05) is 11.6 Å². The van der Waals surface area contributed by atoms with Gasteiger partial charge in [-0.15, -0.1) is 0 Å². The molecule has 0 fully saturated rings. The summed E-state index contributed by atoms with van der Waals surface area (Å²) in [5.41, 5.74) is 3.37. The highest BCUT2D eigenvalue weighted by molar-refractivity contribution is 5.52. The molecule has 0 aliphatic carbocycles. The second-order valence-corrected chi connectivity index (χ2v) is 4.35. The van der Waals surface area contributed by atoms with Gasteiger partial charge in [0.05, 0.1) is 4.92 Å². The van der Waals surface area contributed by atoms with E-state index in [1.54, 1.807) is 12.1 Å². The number of rotatable bonds is 3. The second-order valence-electron chi connectivity index (χ2n) is 4.35. The molecule has 0 bridgehead atoms. The van der Waals surface area contributed by atoms with Gasteiger partial charge in [-0.2, -0.15) is 0 Å². The summed E-state index contributed by atoms with van der Waals surface area (Å²) < 4.78 is 1.94. The number of hydrogen-bond acceptors (Lipinski definition) is 2. The number of non-ortho nitro benzene ring substituents is 1. The third-order valence-electron chi connectivity index (χ3n) is 2.53. The van der Waals surface area contributed by atoms with E-state index in [2.05, 4.69) is 6.08 Å². The highest BCUT2D eigenvalue weighted by Gasteiger charge is 2.04. The standard InChI is InChI=1S/C14H14N2O2/c1-11(2)9-12-7-8-15(10-12)13-3-5-14(6-4-13)16(17)18/h3-10H,1-2H3. The van der Waals surface area contributed by atoms with Gasteiger partial charge >= 0.3 is 0 Å². The molecule has 1 aromatic heterocycles. The van der Waals surface area contributed by atoms with Gasteiger partial charge < -0.3 is 4.57 Å². The third-order valence-corrected chi connectivity index (χ3v) is 2.53. The molecule has 4 heteroatoms. The van der Waals surface area contributed by atoms with Crippen molar-refractivity contribution in [2.45, 2.75) is 13.8 Å². The van der Waals surface area contributed by atoms with E-state index in [1.165, 1.54) is 17.7 Å². The molecule has 2 aromatic rings. The Labute approximate surface area is 105 Å². The average molecular weight is 242 g/mol. The third kappa shape index (κ3) is 2.66. The van der Waals surface area contributed by atoms with Crippen LogP contribution in [-0.2, 0) is 0 Å². The summed E-state index contributed by atoms with van der Waals surface area (Å²) in [4.78, 5) is 10.2. The number of nitro groups is 1. The Balaban J connectivity index is 2.29. The van der Waals surface area contributed by atoms with E-state index < -0.39 is 4.92 Å². The van der Waals surface area contributed by atoms with E-state index in [1.807, 2.05) is 36.9 Å². The molecule has 0 unspecified atom stereocenters. The van der Waals surface area contributed by atoms with Crippen molar-refractivity contribution in [2.24, 2.45) is 0 Å². The van der Waals surface area contributed by atoms with Crippen LogP contribution in [0.2, 0.25) is 0 Å². The molecule has 4 nitrogen and oxygen atoms in total. The average Bonchev–Trinajstić information content (AvgIpc) is 2.76. The van der Waals surface area contributed by atoms with Gasteiger partial charge in [0.1, 0.15) is 0 Å². The van der Waals surface area contributed by atoms with Crippen molar-refractivity contribution in [3.63, 3.8) is 0 Å². The predicted molar refractivity (Wildman–Crippen MR) is 71.7 cm³/mol. The van der Waals surface area contributed by atoms with Crippen LogP contribution in [0.4, 0.5) is 5.69 Å². The summed E-state index contributed by atoms with van der Waals surface area (Å²) >= 11 is 0. The fourth-order valence-corrected chi connectivity index (χ4v) is 1.74. The summed E-state index contributed by atoms with van der Waals surface area (Å²) in [6, 6.07) is 8.51. The quantitative estimate of drug-likeness (QED) is 0.607. The zero-order chi connectivity index (χ0) is 13.1. The molecule has 0 aliphatic rings. The van der Waals surface area contributed by atoms with E-state index in [9.17, 15) is 10.1 Å². The van der Waals surface area contributed by atoms with Gasteiger partial charge in [0, 0.05) is 30.2 Å². The van der Waals surface area contributed by atoms with Crippen molar-refractivity contribution in [1.82, 2.24) is 4.57 Å². The first kappa shape index (κ1) is 12.1. The first-order valence-corrected chi connectivity index (χ1v) is 5.64. The molecule has 0 atom stereocenters. The SMILES string of the molecule is CC(C)=Cc1ccn(-c2ccc([N+](=O)[O-])cc2)c1. The number of nitrogens with zero attached hydrogens (tertiary/aromatic N) is 2. The van der Waals surface area contributed by atoms with Crippen LogP contribution in [0.1, 0.15) is 19.4 Å². The van der Waals surface area contributed by atoms with Crippen molar-refractivity contribution >= 4 is 11.8 Å². The van der Waals surface area contributed by atoms with E-state index >= 15 is 0 Å². The van der Waals surface area contributed by atoms with Crippen LogP contribution in [0.3, 0.4) is 0 Å². The fraction of sp³-hybridized carbons (Fsp3) is 0.143. The van der Waals surface area contributed by atoms with Crippen LogP contribution in [0, 0.1) is 10.1 Å². The Morgan fingerprint density at radius 1 is 1.22 bits per heavy atom. The molecule has 2 rings (SSSR count). The molecule has 0 saturated carbocycles. The molecule has 0 spiro atoms. The van der Waals surface area contributed by atoms with E-state index in [0.717, 1.165) is 11.3 Å². The summed E-state index contributed by atoms with van der Waals surface area (Å²) in [5, 5.41) is 10.6. The summed E-state index contributed by atoms with van der Waals surface area (Å²) in [6.45, 7) is 4.09. The van der Waals surface area contributed by atoms with Gasteiger partial charge in [-0.3, -0.25) is 10.1 Å². The molecule has 92 valence electrons. The number of allylic oxidation sites excluding steroid dienone is 1. The predicted octanol–water partition coefficient (Wildman–Crippen LogP) is 3.81. The van der Waals surface area contributed by atoms with E-state index in [4.69, 9.17) is 0 Å². The minimum absolute atomic E-state index is 0.107. The highest BCUT2D eigenvalue weighted by Crippen LogP contribution is 2.17. The molecule has 1 heterocycles. The van der Waals surface area contributed by atoms with Crippen LogP contribution in [0.15, 0.2) is 48.3 Å². The smallest absolute Gasteiger partial charge is 0.269 e. The monoisotopic (exact) mass is 242 g/mol. The zero-order valence-corrected chi connectivity index (χ0v) is 10.3. The molecular weight excluding hydrogens is 228 g/mol. The largest absolute Gasteiger partial charge is 0.323 e. The topological polar surface area (TPSA) is 48.1 Å². The molecule has 1 aromatic carbocycles. The maximum absolute atomic E-state index is 10.6. The van der Waals surface area contributed by atoms with Crippen molar-refractivity contribution < 1.29 is 4.92 Å². The molecule has 18 heavy (non-hydrogen) atoms. The summed E-state index contributed by atoms with van der Waals surface area (Å²) in [7, 11) is 0. The van der Waals surface area contributed by atoms with Crippen molar-refractivity contribution in [1.29, 1.82) is 0 Å². The number of benzene rings is 1. The highest BCUT2D eigenvalue weighted by atomic mass is 16.6. The van der Waals surface area contributed by atoms with Gasteiger partial charge in [0.2, 0.25) is 0 Å². The Bertz CT molecular complexity index is 591. The van der Waals surface area contributed by atoms with E-state index in [0.29, 0.717) is 0 Å². The van der Waals surface area contributed by atoms with Gasteiger partial charge in [-0.05, 0) is 37.6 Å². The summed E-state index contributed by atoms with van der Waals surface area (Å²) in [6.07, 6.45) is 6.02. The van der Waals surface area contributed by atoms with Crippen molar-refractivity contribution in [3.05, 3.63) is 64.0 Å². The van der Waals surface area contributed by atoms with Gasteiger partial charge in [0.15, 0.2) is 0 Å². The Kier molecular flexibility index (Phi) is 3.28. The molecule has 0 N–H and O–H groups in total. The summed E-state index contributed by atoms with van der Waals surface area (Å²) in [5.74, 6) is 0. The minimum atomic E-state index is -0.395. The van der Waals surface area contributed by atoms with Crippen LogP contribution >= 0.6 is 0 Å². The van der Waals surface area contributed by atoms with Crippen LogP contribution in [0.5, 0.6) is 0 Å². The van der Waals surface area contributed by atoms with Gasteiger partial charge in [-0.25, -0.2) is 0 Å². The lowest BCUT2D eigenvalue weighted by Crippen LogP contribution is -1.91. The normalized spacial score (nSPS) is 10.1. The number of nitro benzene ring substituents is 1. The fourth-order valence-electron chi connectivity index (χ4n) is 1.74. The Morgan fingerprint density at radius 2 is 1.89 bits per heavy atom. The molecule has 0 saturated heterocycles. The van der Waals surface area contributed by atoms with Crippen LogP contribution in [0.25, 0.3) is 11.8 Å². The molecule has 0 radical (unpaired) electrons. The maximum Gasteiger partial charge on any atom is 0.269 e. The molecular formula is C14H14N2O2. The van der Waals surface area contributed by atoms with E-state index in [-0.39, 0.29) is 5.69 Å². The minimum Gasteiger partial charge on any atom is -0.323 e. The first-order valence-electron chi connectivity index (χ1n) is 5.64. The van der Waals surface area contributed by atoms with Crippen molar-refractivity contribution in [2.75, 3.05) is 0 Å². The van der Waals surface area contributed by atoms with Crippen LogP contribution in [-0.4, -0.2) is 9.49 Å². The van der Waals surface area contributed by atoms with Crippen LogP contribution < -0.4 is 0 Å². The lowest BCUT2D eigenvalue weighted by Gasteiger charge is -2.01. The second kappa shape index (κ2) is 4.87. The van der Waals surface area contributed by atoms with Crippen molar-refractivity contribution in [3.8, 4) is 5.69 Å². The molecule has 0 aliphatic heterocycles. The lowest BCUT2D eigenvalue weighted by molar-refractivity contribution is -0.384.